The number of aryl methyl sites for hydroxylation is 1. The lowest BCUT2D eigenvalue weighted by molar-refractivity contribution is 1.13. The first-order valence-electron chi connectivity index (χ1n) is 4.65. The molecule has 1 aliphatic heterocycles. The molecule has 1 heterocycles. The molecular formula is C12H13N. The van der Waals surface area contributed by atoms with E-state index in [0.29, 0.717) is 0 Å². The van der Waals surface area contributed by atoms with E-state index >= 15 is 0 Å². The van der Waals surface area contributed by atoms with Crippen LogP contribution >= 0.6 is 0 Å². The van der Waals surface area contributed by atoms with Gasteiger partial charge in [-0.1, -0.05) is 25.6 Å². The Bertz CT molecular complexity index is 375. The van der Waals surface area contributed by atoms with Gasteiger partial charge in [-0.3, -0.25) is 4.99 Å². The van der Waals surface area contributed by atoms with Gasteiger partial charge in [0.15, 0.2) is 0 Å². The van der Waals surface area contributed by atoms with Gasteiger partial charge in [0.05, 0.1) is 5.69 Å². The predicted molar refractivity (Wildman–Crippen MR) is 57.6 cm³/mol. The van der Waals surface area contributed by atoms with Crippen molar-refractivity contribution in [1.29, 1.82) is 0 Å². The van der Waals surface area contributed by atoms with Crippen molar-refractivity contribution in [2.75, 3.05) is 0 Å². The topological polar surface area (TPSA) is 12.4 Å². The molecule has 13 heavy (non-hydrogen) atoms. The third-order valence-electron chi connectivity index (χ3n) is 2.42. The van der Waals surface area contributed by atoms with E-state index < -0.39 is 0 Å². The molecule has 0 aromatic heterocycles. The van der Waals surface area contributed by atoms with Crippen LogP contribution in [0, 0.1) is 0 Å². The Morgan fingerprint density at radius 1 is 1.46 bits per heavy atom. The number of nitrogens with zero attached hydrogens (tertiary/aromatic N) is 1. The van der Waals surface area contributed by atoms with E-state index in [1.807, 2.05) is 6.21 Å². The molecule has 1 aromatic rings. The first-order valence-corrected chi connectivity index (χ1v) is 4.65. The SMILES string of the molecule is C=C1CC=Nc2cc(CC)ccc21. The maximum atomic E-state index is 4.37. The number of hydrogen-bond acceptors (Lipinski definition) is 1. The lowest BCUT2D eigenvalue weighted by Gasteiger charge is -2.12. The second kappa shape index (κ2) is 3.17. The Balaban J connectivity index is 2.53. The van der Waals surface area contributed by atoms with E-state index in [-0.39, 0.29) is 0 Å². The second-order valence-corrected chi connectivity index (χ2v) is 3.32. The van der Waals surface area contributed by atoms with Gasteiger partial charge in [-0.15, -0.1) is 0 Å². The average Bonchev–Trinajstić information content (AvgIpc) is 2.18. The molecule has 0 saturated heterocycles. The summed E-state index contributed by atoms with van der Waals surface area (Å²) in [5.41, 5.74) is 4.80. The molecule has 0 aliphatic carbocycles. The van der Waals surface area contributed by atoms with Crippen molar-refractivity contribution in [3.8, 4) is 0 Å². The van der Waals surface area contributed by atoms with Crippen molar-refractivity contribution < 1.29 is 0 Å². The van der Waals surface area contributed by atoms with Crippen molar-refractivity contribution in [2.24, 2.45) is 4.99 Å². The summed E-state index contributed by atoms with van der Waals surface area (Å²) in [6, 6.07) is 6.44. The fourth-order valence-corrected chi connectivity index (χ4v) is 1.57. The zero-order valence-electron chi connectivity index (χ0n) is 7.88. The zero-order valence-corrected chi connectivity index (χ0v) is 7.88. The average molecular weight is 171 g/mol. The van der Waals surface area contributed by atoms with Crippen molar-refractivity contribution in [3.05, 3.63) is 35.9 Å². The molecule has 0 spiro atoms. The summed E-state index contributed by atoms with van der Waals surface area (Å²) in [5, 5.41) is 0. The number of hydrogen-bond donors (Lipinski definition) is 0. The maximum Gasteiger partial charge on any atom is 0.0703 e. The molecule has 0 unspecified atom stereocenters. The monoisotopic (exact) mass is 171 g/mol. The van der Waals surface area contributed by atoms with Crippen LogP contribution in [-0.2, 0) is 6.42 Å². The standard InChI is InChI=1S/C12H13N/c1-3-10-4-5-11-9(2)6-7-13-12(11)8-10/h4-5,7-8H,2-3,6H2,1H3. The molecular weight excluding hydrogens is 158 g/mol. The van der Waals surface area contributed by atoms with Crippen LogP contribution in [0.1, 0.15) is 24.5 Å². The fraction of sp³-hybridized carbons (Fsp3) is 0.250. The van der Waals surface area contributed by atoms with E-state index in [1.54, 1.807) is 0 Å². The summed E-state index contributed by atoms with van der Waals surface area (Å²) in [4.78, 5) is 4.37. The molecule has 0 fully saturated rings. The van der Waals surface area contributed by atoms with Crippen LogP contribution in [0.3, 0.4) is 0 Å². The minimum absolute atomic E-state index is 0.887. The summed E-state index contributed by atoms with van der Waals surface area (Å²) >= 11 is 0. The molecule has 66 valence electrons. The third-order valence-corrected chi connectivity index (χ3v) is 2.42. The summed E-state index contributed by atoms with van der Waals surface area (Å²) in [6.07, 6.45) is 3.89. The normalized spacial score (nSPS) is 14.4. The first kappa shape index (κ1) is 8.24. The van der Waals surface area contributed by atoms with Gasteiger partial charge in [-0.05, 0) is 23.6 Å². The summed E-state index contributed by atoms with van der Waals surface area (Å²) in [6.45, 7) is 6.18. The number of allylic oxidation sites excluding steroid dienone is 1. The molecule has 0 atom stereocenters. The molecule has 0 radical (unpaired) electrons. The van der Waals surface area contributed by atoms with Gasteiger partial charge in [0.1, 0.15) is 0 Å². The quantitative estimate of drug-likeness (QED) is 0.614. The van der Waals surface area contributed by atoms with Gasteiger partial charge in [-0.2, -0.15) is 0 Å². The minimum Gasteiger partial charge on any atom is -0.260 e. The maximum absolute atomic E-state index is 4.37. The Kier molecular flexibility index (Phi) is 2.01. The zero-order chi connectivity index (χ0) is 9.26. The van der Waals surface area contributed by atoms with E-state index in [4.69, 9.17) is 0 Å². The molecule has 0 bridgehead atoms. The van der Waals surface area contributed by atoms with Crippen molar-refractivity contribution >= 4 is 17.5 Å². The van der Waals surface area contributed by atoms with Gasteiger partial charge in [0, 0.05) is 18.2 Å². The van der Waals surface area contributed by atoms with Gasteiger partial charge in [0.2, 0.25) is 0 Å². The Morgan fingerprint density at radius 3 is 3.08 bits per heavy atom. The highest BCUT2D eigenvalue weighted by Crippen LogP contribution is 2.31. The minimum atomic E-state index is 0.887. The highest BCUT2D eigenvalue weighted by Gasteiger charge is 2.08. The van der Waals surface area contributed by atoms with Crippen molar-refractivity contribution in [3.63, 3.8) is 0 Å². The van der Waals surface area contributed by atoms with Crippen molar-refractivity contribution in [1.82, 2.24) is 0 Å². The fourth-order valence-electron chi connectivity index (χ4n) is 1.57. The second-order valence-electron chi connectivity index (χ2n) is 3.32. The molecule has 1 aliphatic rings. The van der Waals surface area contributed by atoms with Crippen LogP contribution in [0.15, 0.2) is 29.8 Å². The van der Waals surface area contributed by atoms with Crippen LogP contribution in [0.2, 0.25) is 0 Å². The summed E-state index contributed by atoms with van der Waals surface area (Å²) in [5.74, 6) is 0. The van der Waals surface area contributed by atoms with Crippen LogP contribution < -0.4 is 0 Å². The lowest BCUT2D eigenvalue weighted by atomic mass is 9.98. The molecule has 0 saturated carbocycles. The van der Waals surface area contributed by atoms with Crippen molar-refractivity contribution in [2.45, 2.75) is 19.8 Å². The van der Waals surface area contributed by atoms with Crippen LogP contribution in [0.5, 0.6) is 0 Å². The Morgan fingerprint density at radius 2 is 2.31 bits per heavy atom. The van der Waals surface area contributed by atoms with E-state index in [1.165, 1.54) is 16.7 Å². The third kappa shape index (κ3) is 1.42. The highest BCUT2D eigenvalue weighted by molar-refractivity contribution is 5.88. The Hall–Kier alpha value is -1.37. The first-order chi connectivity index (χ1) is 6.31. The van der Waals surface area contributed by atoms with E-state index in [0.717, 1.165) is 18.5 Å². The predicted octanol–water partition coefficient (Wildman–Crippen LogP) is 3.37. The number of rotatable bonds is 1. The van der Waals surface area contributed by atoms with Gasteiger partial charge >= 0.3 is 0 Å². The molecule has 0 N–H and O–H groups in total. The molecule has 1 nitrogen and oxygen atoms in total. The number of benzene rings is 1. The summed E-state index contributed by atoms with van der Waals surface area (Å²) < 4.78 is 0. The van der Waals surface area contributed by atoms with Gasteiger partial charge in [-0.25, -0.2) is 0 Å². The smallest absolute Gasteiger partial charge is 0.0703 e. The molecule has 1 aromatic carbocycles. The summed E-state index contributed by atoms with van der Waals surface area (Å²) in [7, 11) is 0. The van der Waals surface area contributed by atoms with Crippen LogP contribution in [0.4, 0.5) is 5.69 Å². The van der Waals surface area contributed by atoms with E-state index in [9.17, 15) is 0 Å². The molecule has 2 rings (SSSR count). The Labute approximate surface area is 78.8 Å². The number of fused-ring (bicyclic) bond motifs is 1. The van der Waals surface area contributed by atoms with Gasteiger partial charge < -0.3 is 0 Å². The lowest BCUT2D eigenvalue weighted by Crippen LogP contribution is -1.92. The molecule has 0 amide bonds. The van der Waals surface area contributed by atoms with Crippen LogP contribution in [-0.4, -0.2) is 6.21 Å². The van der Waals surface area contributed by atoms with Crippen LogP contribution in [0.25, 0.3) is 5.57 Å². The van der Waals surface area contributed by atoms with Gasteiger partial charge in [0.25, 0.3) is 0 Å². The largest absolute Gasteiger partial charge is 0.260 e. The molecule has 1 heteroatoms. The van der Waals surface area contributed by atoms with E-state index in [2.05, 4.69) is 36.7 Å². The number of aliphatic imine (C=N–C) groups is 1. The highest BCUT2D eigenvalue weighted by atomic mass is 14.7.